The first-order valence-corrected chi connectivity index (χ1v) is 9.11. The van der Waals surface area contributed by atoms with E-state index in [0.717, 1.165) is 11.3 Å². The molecule has 7 heteroatoms. The number of nitrogens with zero attached hydrogens (tertiary/aromatic N) is 1. The van der Waals surface area contributed by atoms with E-state index in [1.807, 2.05) is 19.9 Å². The summed E-state index contributed by atoms with van der Waals surface area (Å²) < 4.78 is 5.33. The number of anilines is 1. The molecule has 3 rings (SSSR count). The molecule has 26 heavy (non-hydrogen) atoms. The fourth-order valence-corrected chi connectivity index (χ4v) is 3.23. The predicted molar refractivity (Wildman–Crippen MR) is 102 cm³/mol. The van der Waals surface area contributed by atoms with E-state index in [1.54, 1.807) is 36.6 Å². The van der Waals surface area contributed by atoms with Gasteiger partial charge in [0.1, 0.15) is 5.69 Å². The Bertz CT molecular complexity index is 899. The van der Waals surface area contributed by atoms with Gasteiger partial charge in [-0.3, -0.25) is 9.59 Å². The van der Waals surface area contributed by atoms with Gasteiger partial charge in [-0.1, -0.05) is 6.92 Å². The standard InChI is InChI=1S/C19H19N3O3S/c1-3-10-20-17(23)13-6-8-14(9-7-13)21-18(24)16-12(2)26-19(22-16)15-5-4-11-25-15/h4-9,11H,3,10H2,1-2H3,(H,20,23)(H,21,24). The highest BCUT2D eigenvalue weighted by Gasteiger charge is 2.17. The van der Waals surface area contributed by atoms with Gasteiger partial charge in [0.2, 0.25) is 0 Å². The Morgan fingerprint density at radius 3 is 2.58 bits per heavy atom. The van der Waals surface area contributed by atoms with Crippen LogP contribution >= 0.6 is 11.3 Å². The lowest BCUT2D eigenvalue weighted by atomic mass is 10.2. The van der Waals surface area contributed by atoms with Gasteiger partial charge in [0.15, 0.2) is 10.8 Å². The molecular weight excluding hydrogens is 350 g/mol. The summed E-state index contributed by atoms with van der Waals surface area (Å²) in [5, 5.41) is 6.29. The lowest BCUT2D eigenvalue weighted by Crippen LogP contribution is -2.23. The van der Waals surface area contributed by atoms with Crippen molar-refractivity contribution in [1.29, 1.82) is 0 Å². The average molecular weight is 369 g/mol. The van der Waals surface area contributed by atoms with Crippen molar-refractivity contribution in [2.45, 2.75) is 20.3 Å². The van der Waals surface area contributed by atoms with Crippen molar-refractivity contribution in [3.63, 3.8) is 0 Å². The SMILES string of the molecule is CCCNC(=O)c1ccc(NC(=O)c2nc(-c3ccco3)sc2C)cc1. The van der Waals surface area contributed by atoms with Gasteiger partial charge in [-0.2, -0.15) is 0 Å². The highest BCUT2D eigenvalue weighted by molar-refractivity contribution is 7.15. The summed E-state index contributed by atoms with van der Waals surface area (Å²) in [4.78, 5) is 29.6. The van der Waals surface area contributed by atoms with Crippen LogP contribution in [0.4, 0.5) is 5.69 Å². The number of aryl methyl sites for hydroxylation is 1. The molecule has 0 aliphatic heterocycles. The summed E-state index contributed by atoms with van der Waals surface area (Å²) in [7, 11) is 0. The Kier molecular flexibility index (Phi) is 5.48. The van der Waals surface area contributed by atoms with Crippen molar-refractivity contribution in [3.05, 3.63) is 58.8 Å². The molecule has 1 aromatic carbocycles. The van der Waals surface area contributed by atoms with Crippen LogP contribution < -0.4 is 10.6 Å². The second-order valence-electron chi connectivity index (χ2n) is 5.69. The molecule has 2 amide bonds. The van der Waals surface area contributed by atoms with Crippen molar-refractivity contribution in [2.24, 2.45) is 0 Å². The van der Waals surface area contributed by atoms with Crippen molar-refractivity contribution in [3.8, 4) is 10.8 Å². The number of carbonyl (C=O) groups excluding carboxylic acids is 2. The van der Waals surface area contributed by atoms with Crippen LogP contribution in [0.15, 0.2) is 47.1 Å². The first-order chi connectivity index (χ1) is 12.6. The molecule has 0 unspecified atom stereocenters. The summed E-state index contributed by atoms with van der Waals surface area (Å²) in [5.74, 6) is 0.225. The minimum absolute atomic E-state index is 0.122. The van der Waals surface area contributed by atoms with Crippen LogP contribution in [-0.2, 0) is 0 Å². The fraction of sp³-hybridized carbons (Fsp3) is 0.211. The molecule has 0 aliphatic carbocycles. The number of hydrogen-bond acceptors (Lipinski definition) is 5. The van der Waals surface area contributed by atoms with Crippen LogP contribution in [0.3, 0.4) is 0 Å². The molecule has 0 spiro atoms. The largest absolute Gasteiger partial charge is 0.462 e. The number of thiazole rings is 1. The molecule has 134 valence electrons. The van der Waals surface area contributed by atoms with Crippen molar-refractivity contribution >= 4 is 28.8 Å². The van der Waals surface area contributed by atoms with Crippen LogP contribution in [0.2, 0.25) is 0 Å². The number of furan rings is 1. The van der Waals surface area contributed by atoms with E-state index in [0.29, 0.717) is 34.3 Å². The third-order valence-electron chi connectivity index (χ3n) is 3.68. The lowest BCUT2D eigenvalue weighted by molar-refractivity contribution is 0.0953. The molecule has 0 bridgehead atoms. The Morgan fingerprint density at radius 2 is 1.92 bits per heavy atom. The topological polar surface area (TPSA) is 84.2 Å². The van der Waals surface area contributed by atoms with E-state index in [4.69, 9.17) is 4.42 Å². The van der Waals surface area contributed by atoms with Gasteiger partial charge in [-0.25, -0.2) is 4.98 Å². The van der Waals surface area contributed by atoms with Crippen LogP contribution in [0, 0.1) is 6.92 Å². The third kappa shape index (κ3) is 4.00. The zero-order chi connectivity index (χ0) is 18.5. The number of carbonyl (C=O) groups is 2. The van der Waals surface area contributed by atoms with Crippen molar-refractivity contribution in [2.75, 3.05) is 11.9 Å². The van der Waals surface area contributed by atoms with Gasteiger partial charge >= 0.3 is 0 Å². The Balaban J connectivity index is 1.69. The van der Waals surface area contributed by atoms with E-state index < -0.39 is 0 Å². The number of nitrogens with one attached hydrogen (secondary N) is 2. The summed E-state index contributed by atoms with van der Waals surface area (Å²) >= 11 is 1.41. The van der Waals surface area contributed by atoms with Crippen molar-refractivity contribution < 1.29 is 14.0 Å². The van der Waals surface area contributed by atoms with Gasteiger partial charge in [0.05, 0.1) is 6.26 Å². The Labute approximate surface area is 155 Å². The summed E-state index contributed by atoms with van der Waals surface area (Å²) in [6, 6.07) is 10.4. The maximum absolute atomic E-state index is 12.5. The maximum atomic E-state index is 12.5. The number of rotatable bonds is 6. The summed E-state index contributed by atoms with van der Waals surface area (Å²) in [5.41, 5.74) is 1.53. The van der Waals surface area contributed by atoms with Crippen molar-refractivity contribution in [1.82, 2.24) is 10.3 Å². The highest BCUT2D eigenvalue weighted by Crippen LogP contribution is 2.28. The quantitative estimate of drug-likeness (QED) is 0.685. The first-order valence-electron chi connectivity index (χ1n) is 8.29. The smallest absolute Gasteiger partial charge is 0.275 e. The molecule has 0 radical (unpaired) electrons. The number of benzene rings is 1. The predicted octanol–water partition coefficient (Wildman–Crippen LogP) is 4.10. The molecule has 3 aromatic rings. The number of aromatic nitrogens is 1. The van der Waals surface area contributed by atoms with Crippen LogP contribution in [0.5, 0.6) is 0 Å². The molecule has 2 heterocycles. The van der Waals surface area contributed by atoms with Crippen LogP contribution in [-0.4, -0.2) is 23.3 Å². The number of amides is 2. The molecule has 6 nitrogen and oxygen atoms in total. The molecule has 2 aromatic heterocycles. The van der Waals surface area contributed by atoms with E-state index in [2.05, 4.69) is 15.6 Å². The first kappa shape index (κ1) is 17.9. The second kappa shape index (κ2) is 7.97. The third-order valence-corrected chi connectivity index (χ3v) is 4.67. The maximum Gasteiger partial charge on any atom is 0.275 e. The van der Waals surface area contributed by atoms with Gasteiger partial charge in [0, 0.05) is 22.7 Å². The molecule has 0 fully saturated rings. The summed E-state index contributed by atoms with van der Waals surface area (Å²) in [6.07, 6.45) is 2.46. The van der Waals surface area contributed by atoms with Gasteiger partial charge in [-0.15, -0.1) is 11.3 Å². The lowest BCUT2D eigenvalue weighted by Gasteiger charge is -2.06. The van der Waals surface area contributed by atoms with Crippen LogP contribution in [0.1, 0.15) is 39.1 Å². The molecule has 0 saturated heterocycles. The molecule has 2 N–H and O–H groups in total. The van der Waals surface area contributed by atoms with Gasteiger partial charge in [0.25, 0.3) is 11.8 Å². The molecule has 0 saturated carbocycles. The van der Waals surface area contributed by atoms with E-state index in [9.17, 15) is 9.59 Å². The minimum Gasteiger partial charge on any atom is -0.462 e. The zero-order valence-electron chi connectivity index (χ0n) is 14.5. The van der Waals surface area contributed by atoms with E-state index in [-0.39, 0.29) is 11.8 Å². The summed E-state index contributed by atoms with van der Waals surface area (Å²) in [6.45, 7) is 4.48. The normalized spacial score (nSPS) is 10.5. The average Bonchev–Trinajstić information content (AvgIpc) is 3.29. The van der Waals surface area contributed by atoms with Gasteiger partial charge in [-0.05, 0) is 49.7 Å². The highest BCUT2D eigenvalue weighted by atomic mass is 32.1. The van der Waals surface area contributed by atoms with Gasteiger partial charge < -0.3 is 15.1 Å². The second-order valence-corrected chi connectivity index (χ2v) is 6.89. The zero-order valence-corrected chi connectivity index (χ0v) is 15.4. The minimum atomic E-state index is -0.292. The number of hydrogen-bond donors (Lipinski definition) is 2. The Hall–Kier alpha value is -2.93. The molecular formula is C19H19N3O3S. The van der Waals surface area contributed by atoms with E-state index >= 15 is 0 Å². The van der Waals surface area contributed by atoms with Crippen LogP contribution in [0.25, 0.3) is 10.8 Å². The monoisotopic (exact) mass is 369 g/mol. The Morgan fingerprint density at radius 1 is 1.15 bits per heavy atom. The van der Waals surface area contributed by atoms with E-state index in [1.165, 1.54) is 11.3 Å². The molecule has 0 aliphatic rings. The fourth-order valence-electron chi connectivity index (χ4n) is 2.35. The molecule has 0 atom stereocenters.